The summed E-state index contributed by atoms with van der Waals surface area (Å²) in [7, 11) is 0. The average Bonchev–Trinajstić information content (AvgIpc) is 2.37. The number of hydrogen-bond acceptors (Lipinski definition) is 3. The molecule has 2 rings (SSSR count). The van der Waals surface area contributed by atoms with Crippen molar-refractivity contribution in [1.82, 2.24) is 4.98 Å². The number of phenols is 1. The molecule has 0 spiro atoms. The summed E-state index contributed by atoms with van der Waals surface area (Å²) in [5, 5.41) is 9.54. The highest BCUT2D eigenvalue weighted by molar-refractivity contribution is 9.10. The quantitative estimate of drug-likeness (QED) is 0.537. The molecule has 0 unspecified atom stereocenters. The van der Waals surface area contributed by atoms with E-state index in [-0.39, 0.29) is 17.1 Å². The summed E-state index contributed by atoms with van der Waals surface area (Å²) in [6.07, 6.45) is 3.00. The SMILES string of the molecule is O=C(/C=C/c1cccc(Br)n1)c1ccccc1O. The number of allylic oxidation sites excluding steroid dienone is 1. The third kappa shape index (κ3) is 3.05. The lowest BCUT2D eigenvalue weighted by molar-refractivity contribution is 0.104. The van der Waals surface area contributed by atoms with E-state index in [2.05, 4.69) is 20.9 Å². The number of carbonyl (C=O) groups is 1. The molecule has 1 aromatic heterocycles. The molecule has 3 nitrogen and oxygen atoms in total. The zero-order chi connectivity index (χ0) is 13.0. The highest BCUT2D eigenvalue weighted by Gasteiger charge is 2.06. The molecule has 0 radical (unpaired) electrons. The van der Waals surface area contributed by atoms with Gasteiger partial charge in [-0.1, -0.05) is 18.2 Å². The molecular weight excluding hydrogens is 294 g/mol. The summed E-state index contributed by atoms with van der Waals surface area (Å²) in [6.45, 7) is 0. The van der Waals surface area contributed by atoms with Crippen molar-refractivity contribution in [2.24, 2.45) is 0 Å². The predicted octanol–water partition coefficient (Wildman–Crippen LogP) is 3.45. The van der Waals surface area contributed by atoms with Gasteiger partial charge in [-0.25, -0.2) is 4.98 Å². The largest absolute Gasteiger partial charge is 0.507 e. The lowest BCUT2D eigenvalue weighted by Gasteiger charge is -1.99. The van der Waals surface area contributed by atoms with Crippen molar-refractivity contribution in [2.45, 2.75) is 0 Å². The summed E-state index contributed by atoms with van der Waals surface area (Å²) in [6, 6.07) is 11.9. The van der Waals surface area contributed by atoms with Crippen LogP contribution in [-0.2, 0) is 0 Å². The molecular formula is C14H10BrNO2. The third-order valence-electron chi connectivity index (χ3n) is 2.31. The average molecular weight is 304 g/mol. The summed E-state index contributed by atoms with van der Waals surface area (Å²) >= 11 is 3.26. The van der Waals surface area contributed by atoms with Gasteiger partial charge in [0.25, 0.3) is 0 Å². The molecule has 4 heteroatoms. The molecule has 0 aliphatic rings. The van der Waals surface area contributed by atoms with Gasteiger partial charge in [-0.15, -0.1) is 0 Å². The monoisotopic (exact) mass is 303 g/mol. The Morgan fingerprint density at radius 1 is 1.17 bits per heavy atom. The molecule has 0 atom stereocenters. The predicted molar refractivity (Wildman–Crippen MR) is 73.4 cm³/mol. The molecule has 1 aromatic carbocycles. The topological polar surface area (TPSA) is 50.2 Å². The molecule has 0 bridgehead atoms. The van der Waals surface area contributed by atoms with E-state index >= 15 is 0 Å². The molecule has 1 N–H and O–H groups in total. The molecule has 90 valence electrons. The summed E-state index contributed by atoms with van der Waals surface area (Å²) in [5.41, 5.74) is 0.955. The van der Waals surface area contributed by atoms with Gasteiger partial charge < -0.3 is 5.11 Å². The van der Waals surface area contributed by atoms with Crippen LogP contribution < -0.4 is 0 Å². The number of pyridine rings is 1. The van der Waals surface area contributed by atoms with Gasteiger partial charge in [0, 0.05) is 0 Å². The van der Waals surface area contributed by atoms with Crippen LogP contribution in [0.2, 0.25) is 0 Å². The number of benzene rings is 1. The lowest BCUT2D eigenvalue weighted by Crippen LogP contribution is -1.94. The minimum absolute atomic E-state index is 0.0191. The number of halogens is 1. The van der Waals surface area contributed by atoms with Gasteiger partial charge in [0.15, 0.2) is 5.78 Å². The van der Waals surface area contributed by atoms with Crippen molar-refractivity contribution in [2.75, 3.05) is 0 Å². The van der Waals surface area contributed by atoms with E-state index in [1.165, 1.54) is 12.1 Å². The summed E-state index contributed by atoms with van der Waals surface area (Å²) < 4.78 is 0.708. The number of phenolic OH excluding ortho intramolecular Hbond substituents is 1. The molecule has 18 heavy (non-hydrogen) atoms. The second-order valence-corrected chi connectivity index (χ2v) is 4.41. The van der Waals surface area contributed by atoms with Gasteiger partial charge in [0.2, 0.25) is 0 Å². The summed E-state index contributed by atoms with van der Waals surface area (Å²) in [5.74, 6) is -0.274. The third-order valence-corrected chi connectivity index (χ3v) is 2.75. The smallest absolute Gasteiger partial charge is 0.189 e. The minimum Gasteiger partial charge on any atom is -0.507 e. The van der Waals surface area contributed by atoms with Crippen molar-refractivity contribution < 1.29 is 9.90 Å². The van der Waals surface area contributed by atoms with Gasteiger partial charge >= 0.3 is 0 Å². The molecule has 0 aliphatic carbocycles. The number of aromatic nitrogens is 1. The van der Waals surface area contributed by atoms with Crippen molar-refractivity contribution in [3.05, 3.63) is 64.4 Å². The van der Waals surface area contributed by atoms with Crippen molar-refractivity contribution in [3.63, 3.8) is 0 Å². The van der Waals surface area contributed by atoms with E-state index in [9.17, 15) is 9.90 Å². The number of aromatic hydroxyl groups is 1. The standard InChI is InChI=1S/C14H10BrNO2/c15-14-7-3-4-10(16-14)8-9-13(18)11-5-1-2-6-12(11)17/h1-9,17H/b9-8+. The molecule has 0 saturated heterocycles. The highest BCUT2D eigenvalue weighted by atomic mass is 79.9. The fourth-order valence-electron chi connectivity index (χ4n) is 1.45. The second-order valence-electron chi connectivity index (χ2n) is 3.60. The molecule has 1 heterocycles. The first-order valence-corrected chi connectivity index (χ1v) is 6.09. The Morgan fingerprint density at radius 3 is 2.67 bits per heavy atom. The Balaban J connectivity index is 2.20. The van der Waals surface area contributed by atoms with E-state index in [1.807, 2.05) is 12.1 Å². The van der Waals surface area contributed by atoms with Crippen molar-refractivity contribution in [3.8, 4) is 5.75 Å². The highest BCUT2D eigenvalue weighted by Crippen LogP contribution is 2.17. The molecule has 0 saturated carbocycles. The maximum Gasteiger partial charge on any atom is 0.189 e. The molecule has 0 fully saturated rings. The number of rotatable bonds is 3. The Kier molecular flexibility index (Phi) is 3.89. The van der Waals surface area contributed by atoms with Gasteiger partial charge in [-0.2, -0.15) is 0 Å². The van der Waals surface area contributed by atoms with Crippen molar-refractivity contribution in [1.29, 1.82) is 0 Å². The van der Waals surface area contributed by atoms with E-state index in [1.54, 1.807) is 30.3 Å². The van der Waals surface area contributed by atoms with E-state index in [0.29, 0.717) is 10.3 Å². The van der Waals surface area contributed by atoms with Crippen LogP contribution >= 0.6 is 15.9 Å². The van der Waals surface area contributed by atoms with Gasteiger partial charge in [0.05, 0.1) is 11.3 Å². The van der Waals surface area contributed by atoms with Crippen molar-refractivity contribution >= 4 is 27.8 Å². The van der Waals surface area contributed by atoms with Gasteiger partial charge in [-0.05, 0) is 52.3 Å². The van der Waals surface area contributed by atoms with Crippen LogP contribution in [-0.4, -0.2) is 15.9 Å². The zero-order valence-corrected chi connectivity index (χ0v) is 11.0. The van der Waals surface area contributed by atoms with Crippen LogP contribution in [0.25, 0.3) is 6.08 Å². The molecule has 0 aliphatic heterocycles. The first-order chi connectivity index (χ1) is 8.66. The fraction of sp³-hybridized carbons (Fsp3) is 0. The van der Waals surface area contributed by atoms with E-state index < -0.39 is 0 Å². The Labute approximate surface area is 113 Å². The van der Waals surface area contributed by atoms with Crippen LogP contribution in [0, 0.1) is 0 Å². The van der Waals surface area contributed by atoms with Gasteiger partial charge in [0.1, 0.15) is 10.4 Å². The maximum atomic E-state index is 11.8. The Hall–Kier alpha value is -1.94. The Bertz CT molecular complexity index is 608. The first-order valence-electron chi connectivity index (χ1n) is 5.30. The van der Waals surface area contributed by atoms with E-state index in [0.717, 1.165) is 0 Å². The van der Waals surface area contributed by atoms with Crippen LogP contribution in [0.15, 0.2) is 53.1 Å². The zero-order valence-electron chi connectivity index (χ0n) is 9.38. The maximum absolute atomic E-state index is 11.8. The second kappa shape index (κ2) is 5.60. The first kappa shape index (κ1) is 12.5. The lowest BCUT2D eigenvalue weighted by atomic mass is 10.1. The fourth-order valence-corrected chi connectivity index (χ4v) is 1.81. The number of nitrogens with zero attached hydrogens (tertiary/aromatic N) is 1. The van der Waals surface area contributed by atoms with Crippen LogP contribution in [0.3, 0.4) is 0 Å². The van der Waals surface area contributed by atoms with Crippen LogP contribution in [0.4, 0.5) is 0 Å². The molecule has 2 aromatic rings. The number of ketones is 1. The number of carbonyl (C=O) groups excluding carboxylic acids is 1. The summed E-state index contributed by atoms with van der Waals surface area (Å²) in [4.78, 5) is 16.0. The number of para-hydroxylation sites is 1. The Morgan fingerprint density at radius 2 is 1.94 bits per heavy atom. The van der Waals surface area contributed by atoms with Crippen LogP contribution in [0.5, 0.6) is 5.75 Å². The number of hydrogen-bond donors (Lipinski definition) is 1. The normalized spacial score (nSPS) is 10.7. The van der Waals surface area contributed by atoms with E-state index in [4.69, 9.17) is 0 Å². The van der Waals surface area contributed by atoms with Crippen LogP contribution in [0.1, 0.15) is 16.1 Å². The minimum atomic E-state index is -0.255. The van der Waals surface area contributed by atoms with Gasteiger partial charge in [-0.3, -0.25) is 4.79 Å². The molecule has 0 amide bonds.